The van der Waals surface area contributed by atoms with Crippen LogP contribution in [0.1, 0.15) is 15.9 Å². The molecule has 0 aliphatic carbocycles. The van der Waals surface area contributed by atoms with Crippen LogP contribution in [0.5, 0.6) is 23.0 Å². The molecule has 14 rings (SSSR count). The van der Waals surface area contributed by atoms with Crippen LogP contribution in [0.2, 0.25) is 0 Å². The second-order valence-corrected chi connectivity index (χ2v) is 33.7. The van der Waals surface area contributed by atoms with Crippen LogP contribution in [-0.2, 0) is 100 Å². The molecule has 0 radical (unpaired) electrons. The molecule has 0 spiro atoms. The molecule has 540 valence electrons. The van der Waals surface area contributed by atoms with E-state index in [-0.39, 0.29) is 25.6 Å². The highest BCUT2D eigenvalue weighted by Gasteiger charge is 2.43. The van der Waals surface area contributed by atoms with Gasteiger partial charge in [0, 0.05) is 45.8 Å². The molecule has 4 amide bonds. The van der Waals surface area contributed by atoms with Gasteiger partial charge in [0.05, 0.1) is 119 Å². The maximum Gasteiger partial charge on any atom is 0.294 e. The van der Waals surface area contributed by atoms with Crippen molar-refractivity contribution < 1.29 is 148 Å². The van der Waals surface area contributed by atoms with E-state index in [1.807, 2.05) is 0 Å². The quantitative estimate of drug-likeness (QED) is 0.0222. The lowest BCUT2D eigenvalue weighted by molar-refractivity contribution is -0.107. The highest BCUT2D eigenvalue weighted by Crippen LogP contribution is 2.62. The zero-order valence-electron chi connectivity index (χ0n) is 50.2. The number of amides is 4. The van der Waals surface area contributed by atoms with Crippen LogP contribution in [0.15, 0.2) is 148 Å². The molecule has 0 aromatic heterocycles. The summed E-state index contributed by atoms with van der Waals surface area (Å²) >= 11 is 0. The van der Waals surface area contributed by atoms with E-state index in [1.54, 1.807) is 0 Å². The van der Waals surface area contributed by atoms with Gasteiger partial charge in [0.25, 0.3) is 80.9 Å². The number of nitrogens with zero attached hydrogens (tertiary/aromatic N) is 4. The Morgan fingerprint density at radius 3 is 0.654 bits per heavy atom. The molecule has 14 N–H and O–H groups in total. The van der Waals surface area contributed by atoms with Crippen molar-refractivity contribution in [3.05, 3.63) is 120 Å². The lowest BCUT2D eigenvalue weighted by Gasteiger charge is -2.39. The number of nitrogens with one attached hydrogen (secondary N) is 2. The van der Waals surface area contributed by atoms with Crippen molar-refractivity contribution >= 4 is 224 Å². The van der Waals surface area contributed by atoms with Crippen LogP contribution in [0, 0.1) is 0 Å². The average Bonchev–Trinajstić information content (AvgIpc) is 0.695. The van der Waals surface area contributed by atoms with Gasteiger partial charge in [-0.3, -0.25) is 80.0 Å². The number of anilines is 12. The summed E-state index contributed by atoms with van der Waals surface area (Å²) in [6, 6.07) is 8.92. The van der Waals surface area contributed by atoms with Gasteiger partial charge in [0.1, 0.15) is 23.0 Å². The molecule has 4 heterocycles. The van der Waals surface area contributed by atoms with Crippen LogP contribution in [-0.4, -0.2) is 156 Å². The van der Waals surface area contributed by atoms with Crippen molar-refractivity contribution in [1.29, 1.82) is 0 Å². The van der Waals surface area contributed by atoms with Gasteiger partial charge in [-0.1, -0.05) is 0 Å². The Labute approximate surface area is 580 Å². The molecular weight excluding hydrogens is 1550 g/mol. The fourth-order valence-corrected chi connectivity index (χ4v) is 16.2. The van der Waals surface area contributed by atoms with Gasteiger partial charge in [-0.15, -0.1) is 0 Å². The molecule has 104 heavy (non-hydrogen) atoms. The van der Waals surface area contributed by atoms with E-state index in [4.69, 9.17) is 0 Å². The molecule has 0 saturated carbocycles. The first-order chi connectivity index (χ1) is 48.0. The topological polar surface area (TPSA) is 638 Å². The number of ketones is 1. The average molecular weight is 1590 g/mol. The fraction of sp³-hybridized carbons (Fsp3) is 0. The third-order valence-corrected chi connectivity index (χ3v) is 22.9. The number of phenols is 4. The summed E-state index contributed by atoms with van der Waals surface area (Å²) in [6.45, 7) is 0. The van der Waals surface area contributed by atoms with Gasteiger partial charge in [0.15, 0.2) is 5.78 Å². The minimum Gasteiger partial charge on any atom is -0.507 e. The van der Waals surface area contributed by atoms with E-state index in [0.717, 1.165) is 0 Å². The molecule has 0 unspecified atom stereocenters. The second kappa shape index (κ2) is 24.0. The molecule has 4 aliphatic rings. The summed E-state index contributed by atoms with van der Waals surface area (Å²) in [6.07, 6.45) is -0.888. The normalized spacial score (nSPS) is 13.2. The summed E-state index contributed by atoms with van der Waals surface area (Å²) < 4.78 is 286. The Hall–Kier alpha value is -11.1. The number of phenolic OH excluding ortho intramolecular Hbond substituents is 4. The molecule has 4 aliphatic heterocycles. The molecule has 0 atom stereocenters. The third kappa shape index (κ3) is 12.2. The van der Waals surface area contributed by atoms with Crippen LogP contribution in [0.25, 0.3) is 43.1 Å². The summed E-state index contributed by atoms with van der Waals surface area (Å²) in [5, 5.41) is 45.5. The van der Waals surface area contributed by atoms with Gasteiger partial charge >= 0.3 is 0 Å². The van der Waals surface area contributed by atoms with E-state index >= 15 is 4.79 Å². The predicted molar refractivity (Wildman–Crippen MR) is 357 cm³/mol. The van der Waals surface area contributed by atoms with Gasteiger partial charge < -0.3 is 31.1 Å². The predicted octanol–water partition coefficient (Wildman–Crippen LogP) is 5.62. The zero-order valence-corrected chi connectivity index (χ0v) is 56.7. The highest BCUT2D eigenvalue weighted by atomic mass is 32.2. The van der Waals surface area contributed by atoms with Gasteiger partial charge in [-0.2, -0.15) is 67.3 Å². The molecule has 0 saturated heterocycles. The monoisotopic (exact) mass is 1590 g/mol. The minimum absolute atomic E-state index is 0.216. The lowest BCUT2D eigenvalue weighted by Crippen LogP contribution is -2.30. The second-order valence-electron chi connectivity index (χ2n) is 22.3. The van der Waals surface area contributed by atoms with E-state index < -0.39 is 271 Å². The molecule has 39 nitrogen and oxygen atoms in total. The van der Waals surface area contributed by atoms with E-state index in [1.165, 1.54) is 0 Å². The number of carbonyl (C=O) groups is 5. The summed E-state index contributed by atoms with van der Waals surface area (Å²) in [7, 11) is -43.6. The van der Waals surface area contributed by atoms with E-state index in [9.17, 15) is 143 Å². The highest BCUT2D eigenvalue weighted by molar-refractivity contribution is 7.87. The van der Waals surface area contributed by atoms with Gasteiger partial charge in [-0.05, 0) is 106 Å². The first kappa shape index (κ1) is 72.7. The molecule has 4 bridgehead atoms. The SMILES string of the molecule is O=CN(c1cc(C(=O)c2cc(N(C=O)c3cc(S(=O)(=O)O)cc4cc(S(=O)(=O)O)cc(O)c34)c3c(N(C=O)c4cc(S(=O)(=O)O)cc5cc(S(=O)(=O)O)cc(O)c45)c2N3)c2c(N(C=O)c3cc(S(=O)(=O)O)cc4cc(S(=O)(=O)O)cc(O)c34)c1N2)c1cc(S(=O)(=O)O)cc2cc(S(=O)(=O)O)cc(O)c12. The number of aromatic hydroxyl groups is 4. The van der Waals surface area contributed by atoms with Crippen molar-refractivity contribution in [1.82, 2.24) is 0 Å². The van der Waals surface area contributed by atoms with E-state index in [0.29, 0.717) is 129 Å². The molecule has 10 aromatic rings. The van der Waals surface area contributed by atoms with Crippen LogP contribution < -0.4 is 30.2 Å². The number of rotatable bonds is 22. The molecular formula is C57H36N6O33S8. The van der Waals surface area contributed by atoms with Crippen molar-refractivity contribution in [2.45, 2.75) is 39.2 Å². The van der Waals surface area contributed by atoms with Crippen LogP contribution in [0.4, 0.5) is 68.2 Å². The Morgan fingerprint density at radius 1 is 0.269 bits per heavy atom. The van der Waals surface area contributed by atoms with Crippen molar-refractivity contribution in [2.24, 2.45) is 0 Å². The smallest absolute Gasteiger partial charge is 0.294 e. The van der Waals surface area contributed by atoms with Crippen molar-refractivity contribution in [3.63, 3.8) is 0 Å². The maximum atomic E-state index is 16.4. The molecule has 10 aromatic carbocycles. The largest absolute Gasteiger partial charge is 0.507 e. The van der Waals surface area contributed by atoms with Gasteiger partial charge in [-0.25, -0.2) is 0 Å². The number of hydrogen-bond donors (Lipinski definition) is 14. The van der Waals surface area contributed by atoms with Crippen LogP contribution in [0.3, 0.4) is 0 Å². The number of benzene rings is 10. The summed E-state index contributed by atoms with van der Waals surface area (Å²) in [4.78, 5) is 64.5. The summed E-state index contributed by atoms with van der Waals surface area (Å²) in [5.41, 5.74) is -12.1. The maximum absolute atomic E-state index is 16.4. The number of fused-ring (bicyclic) bond motifs is 8. The first-order valence-electron chi connectivity index (χ1n) is 27.5. The zero-order chi connectivity index (χ0) is 76.5. The Morgan fingerprint density at radius 2 is 0.462 bits per heavy atom. The van der Waals surface area contributed by atoms with Gasteiger partial charge in [0.2, 0.25) is 25.6 Å². The van der Waals surface area contributed by atoms with Crippen molar-refractivity contribution in [3.8, 4) is 23.0 Å². The van der Waals surface area contributed by atoms with Crippen molar-refractivity contribution in [2.75, 3.05) is 30.2 Å². The number of carbonyl (C=O) groups excluding carboxylic acids is 5. The Balaban J connectivity index is 1.22. The molecule has 47 heteroatoms. The van der Waals surface area contributed by atoms with E-state index in [2.05, 4.69) is 10.6 Å². The fourth-order valence-electron chi connectivity index (χ4n) is 11.9. The molecule has 0 fully saturated rings. The lowest BCUT2D eigenvalue weighted by atomic mass is 9.88. The van der Waals surface area contributed by atoms with Crippen LogP contribution >= 0.6 is 0 Å². The standard InChI is InChI=1S/C57H36N6O33S8/c64-19-60(37-9-27(97(73,74)75)1-23-5-31(101(85,86)87)13-43(68)47(23)37)41-17-35(51-55(53(41)58-51)62(21-66)39-11-29(99(79,80)81)3-25-7-33(103(91,92)93)15-45(70)49(25)39)57(72)36-18-42(61(20-65)38-10-28(98(76,77)78)2-24-6-32(102(88,89)90)14-44(69)48(24)38)54-56(52(36)59-54)63(22-67)40-12-30(100(82,83)84)4-26-8-34(104(94,95)96)16-46(71)50(26)40/h1-22,58-59,68-71H,(H,73,74,75)(H,76,77,78)(H,79,80,81)(H,82,83,84)(H,85,86,87)(H,88,89,90)(H,91,92,93)(H,94,95,96). The third-order valence-electron chi connectivity index (χ3n) is 16.2. The number of hydrogen-bond acceptors (Lipinski definition) is 27. The first-order valence-corrected chi connectivity index (χ1v) is 39.0. The minimum atomic E-state index is -5.56. The Kier molecular flexibility index (Phi) is 16.8. The Bertz CT molecular complexity index is 5970. The summed E-state index contributed by atoms with van der Waals surface area (Å²) in [5.74, 6) is -6.49.